The van der Waals surface area contributed by atoms with Crippen LogP contribution >= 0.6 is 0 Å². The first kappa shape index (κ1) is 41.8. The summed E-state index contributed by atoms with van der Waals surface area (Å²) in [7, 11) is -2.04. The summed E-state index contributed by atoms with van der Waals surface area (Å²) >= 11 is 0. The second kappa shape index (κ2) is 17.0. The van der Waals surface area contributed by atoms with Gasteiger partial charge in [0.1, 0.15) is 12.1 Å². The van der Waals surface area contributed by atoms with Gasteiger partial charge >= 0.3 is 6.03 Å². The van der Waals surface area contributed by atoms with Crippen molar-refractivity contribution in [3.63, 3.8) is 0 Å². The first-order valence-electron chi connectivity index (χ1n) is 19.3. The minimum Gasteiger partial charge on any atom is -0.346 e. The third kappa shape index (κ3) is 10.1. The van der Waals surface area contributed by atoms with E-state index in [9.17, 15) is 27.6 Å². The molecule has 0 spiro atoms. The van der Waals surface area contributed by atoms with Gasteiger partial charge in [0, 0.05) is 32.7 Å². The summed E-state index contributed by atoms with van der Waals surface area (Å²) in [4.78, 5) is 71.1. The number of likely N-dealkylation sites (N-methyl/N-ethyl adjacent to an activating group) is 1. The molecule has 0 radical (unpaired) electrons. The number of likely N-dealkylation sites (tertiary alicyclic amines) is 1. The predicted octanol–water partition coefficient (Wildman–Crippen LogP) is 3.35. The number of ketones is 1. The van der Waals surface area contributed by atoms with Crippen molar-refractivity contribution >= 4 is 39.6 Å². The van der Waals surface area contributed by atoms with Gasteiger partial charge in [-0.3, -0.25) is 19.2 Å². The monoisotopic (exact) mass is 748 g/mol. The average Bonchev–Trinajstić information content (AvgIpc) is 3.68. The molecular formula is C38H64N6O7S. The van der Waals surface area contributed by atoms with Crippen molar-refractivity contribution in [2.24, 2.45) is 34.5 Å². The van der Waals surface area contributed by atoms with Gasteiger partial charge in [0.05, 0.1) is 12.3 Å². The van der Waals surface area contributed by atoms with Gasteiger partial charge in [0.2, 0.25) is 27.6 Å². The number of sulfonamides is 1. The zero-order valence-electron chi connectivity index (χ0n) is 32.5. The van der Waals surface area contributed by atoms with E-state index in [2.05, 4.69) is 34.8 Å². The Balaban J connectivity index is 1.64. The van der Waals surface area contributed by atoms with Crippen molar-refractivity contribution in [2.45, 2.75) is 129 Å². The first-order valence-corrected chi connectivity index (χ1v) is 21.2. The molecule has 52 heavy (non-hydrogen) atoms. The summed E-state index contributed by atoms with van der Waals surface area (Å²) in [5, 5.41) is 11.5. The van der Waals surface area contributed by atoms with Crippen LogP contribution in [0.2, 0.25) is 0 Å². The fraction of sp³-hybridized carbons (Fsp3) is 0.816. The van der Waals surface area contributed by atoms with Crippen LogP contribution in [0.15, 0.2) is 12.7 Å². The standard InChI is InChI=1S/C38H64N6O7S/c1-9-20-39-34(47)31(45)28(21-24-14-15-24)40-33(46)30-26-17-16-25(10-2)27(26)22-44(30)35(48)32(38(6)18-12-11-13-19-38)42-36(49)41-29(37(3,4)5)23-43(7)52(8,50)51/h9,24-30,32H,1,10-23H2,2-8H3,(H,39,47)(H,40,46)(H2,41,42,49)/t25?,26-,27+,28?,29+,30-,32+/m0/s1. The minimum absolute atomic E-state index is 0.0497. The Kier molecular flexibility index (Phi) is 13.6. The van der Waals surface area contributed by atoms with Crippen molar-refractivity contribution < 1.29 is 32.4 Å². The lowest BCUT2D eigenvalue weighted by Gasteiger charge is -2.43. The van der Waals surface area contributed by atoms with Crippen LogP contribution in [0.25, 0.3) is 0 Å². The van der Waals surface area contributed by atoms with Gasteiger partial charge in [-0.05, 0) is 66.6 Å². The van der Waals surface area contributed by atoms with Crippen molar-refractivity contribution in [3.05, 3.63) is 12.7 Å². The molecule has 0 aromatic carbocycles. The van der Waals surface area contributed by atoms with Crippen molar-refractivity contribution in [2.75, 3.05) is 32.9 Å². The summed E-state index contributed by atoms with van der Waals surface area (Å²) in [6, 6.07) is -3.92. The lowest BCUT2D eigenvalue weighted by atomic mass is 9.70. The Morgan fingerprint density at radius 2 is 1.63 bits per heavy atom. The Hall–Kier alpha value is -3.00. The maximum absolute atomic E-state index is 15.0. The number of Topliss-reactive ketones (excluding diaryl/α,β-unsaturated/α-hetero) is 1. The molecule has 294 valence electrons. The lowest BCUT2D eigenvalue weighted by molar-refractivity contribution is -0.145. The van der Waals surface area contributed by atoms with Gasteiger partial charge in [0.25, 0.3) is 5.91 Å². The smallest absolute Gasteiger partial charge is 0.315 e. The summed E-state index contributed by atoms with van der Waals surface area (Å²) < 4.78 is 25.7. The molecule has 13 nitrogen and oxygen atoms in total. The topological polar surface area (TPSA) is 174 Å². The van der Waals surface area contributed by atoms with E-state index < -0.39 is 68.6 Å². The van der Waals surface area contributed by atoms with Crippen LogP contribution in [-0.4, -0.2) is 104 Å². The number of carbonyl (C=O) groups excluding carboxylic acids is 5. The molecule has 4 rings (SSSR count). The number of amides is 5. The second-order valence-electron chi connectivity index (χ2n) is 17.3. The number of rotatable bonds is 16. The molecule has 1 saturated heterocycles. The van der Waals surface area contributed by atoms with Crippen LogP contribution in [0.3, 0.4) is 0 Å². The van der Waals surface area contributed by atoms with Gasteiger partial charge in [-0.25, -0.2) is 17.5 Å². The first-order chi connectivity index (χ1) is 24.3. The number of fused-ring (bicyclic) bond motifs is 1. The molecule has 0 bridgehead atoms. The van der Waals surface area contributed by atoms with Gasteiger partial charge < -0.3 is 26.2 Å². The highest BCUT2D eigenvalue weighted by molar-refractivity contribution is 7.88. The molecule has 7 atom stereocenters. The highest BCUT2D eigenvalue weighted by Gasteiger charge is 2.55. The zero-order valence-corrected chi connectivity index (χ0v) is 33.3. The molecule has 0 aromatic heterocycles. The number of carbonyl (C=O) groups is 5. The van der Waals surface area contributed by atoms with Crippen LogP contribution in [0.5, 0.6) is 0 Å². The van der Waals surface area contributed by atoms with E-state index in [1.54, 1.807) is 4.90 Å². The van der Waals surface area contributed by atoms with Gasteiger partial charge in [-0.1, -0.05) is 79.2 Å². The fourth-order valence-electron chi connectivity index (χ4n) is 8.70. The largest absolute Gasteiger partial charge is 0.346 e. The summed E-state index contributed by atoms with van der Waals surface area (Å²) in [6.07, 6.45) is 11.7. The maximum Gasteiger partial charge on any atom is 0.315 e. The number of nitrogens with zero attached hydrogens (tertiary/aromatic N) is 2. The number of nitrogens with one attached hydrogen (secondary N) is 4. The van der Waals surface area contributed by atoms with E-state index in [4.69, 9.17) is 0 Å². The van der Waals surface area contributed by atoms with Gasteiger partial charge in [-0.2, -0.15) is 0 Å². The summed E-state index contributed by atoms with van der Waals surface area (Å²) in [6.45, 7) is 14.1. The average molecular weight is 749 g/mol. The minimum atomic E-state index is -3.51. The highest BCUT2D eigenvalue weighted by Crippen LogP contribution is 2.48. The molecule has 2 unspecified atom stereocenters. The third-order valence-electron chi connectivity index (χ3n) is 12.4. The predicted molar refractivity (Wildman–Crippen MR) is 200 cm³/mol. The molecule has 4 fully saturated rings. The van der Waals surface area contributed by atoms with E-state index in [1.165, 1.54) is 17.4 Å². The fourth-order valence-corrected chi connectivity index (χ4v) is 9.12. The summed E-state index contributed by atoms with van der Waals surface area (Å²) in [5.74, 6) is -1.64. The Morgan fingerprint density at radius 3 is 2.19 bits per heavy atom. The van der Waals surface area contributed by atoms with Crippen LogP contribution < -0.4 is 21.3 Å². The van der Waals surface area contributed by atoms with E-state index >= 15 is 4.79 Å². The molecule has 3 saturated carbocycles. The molecule has 4 N–H and O–H groups in total. The van der Waals surface area contributed by atoms with E-state index in [0.717, 1.165) is 70.5 Å². The third-order valence-corrected chi connectivity index (χ3v) is 13.6. The number of urea groups is 1. The van der Waals surface area contributed by atoms with Gasteiger partial charge in [-0.15, -0.1) is 6.58 Å². The quantitative estimate of drug-likeness (QED) is 0.138. The normalized spacial score (nSPS) is 26.1. The van der Waals surface area contributed by atoms with Crippen LogP contribution in [0.4, 0.5) is 4.79 Å². The van der Waals surface area contributed by atoms with Crippen LogP contribution in [-0.2, 0) is 29.2 Å². The molecule has 4 aliphatic rings. The molecule has 14 heteroatoms. The molecule has 5 amide bonds. The Labute approximate surface area is 311 Å². The Bertz CT molecular complexity index is 1450. The maximum atomic E-state index is 15.0. The molecular weight excluding hydrogens is 685 g/mol. The Morgan fingerprint density at radius 1 is 0.981 bits per heavy atom. The van der Waals surface area contributed by atoms with Crippen molar-refractivity contribution in [3.8, 4) is 0 Å². The van der Waals surface area contributed by atoms with E-state index in [-0.39, 0.29) is 36.8 Å². The number of hydrogen-bond donors (Lipinski definition) is 4. The zero-order chi connectivity index (χ0) is 38.6. The van der Waals surface area contributed by atoms with Gasteiger partial charge in [0.15, 0.2) is 0 Å². The molecule has 1 aliphatic heterocycles. The highest BCUT2D eigenvalue weighted by atomic mass is 32.2. The van der Waals surface area contributed by atoms with Crippen molar-refractivity contribution in [1.82, 2.24) is 30.5 Å². The number of hydrogen-bond acceptors (Lipinski definition) is 7. The lowest BCUT2D eigenvalue weighted by Crippen LogP contribution is -2.63. The molecule has 1 heterocycles. The van der Waals surface area contributed by atoms with Crippen LogP contribution in [0, 0.1) is 34.5 Å². The summed E-state index contributed by atoms with van der Waals surface area (Å²) in [5.41, 5.74) is -1.09. The van der Waals surface area contributed by atoms with E-state index in [1.807, 2.05) is 27.7 Å². The van der Waals surface area contributed by atoms with E-state index in [0.29, 0.717) is 18.9 Å². The van der Waals surface area contributed by atoms with Crippen LogP contribution in [0.1, 0.15) is 105 Å². The molecule has 3 aliphatic carbocycles. The molecule has 0 aromatic rings. The second-order valence-corrected chi connectivity index (χ2v) is 19.4. The van der Waals surface area contributed by atoms with Crippen molar-refractivity contribution in [1.29, 1.82) is 0 Å². The SMILES string of the molecule is C=CCNC(=O)C(=O)C(CC1CC1)NC(=O)[C@@H]1[C@H]2CCC(CC)[C@H]2CN1C(=O)[C@@H](NC(=O)N[C@H](CN(C)S(C)(=O)=O)C(C)(C)C)C1(C)CCCCC1.